The maximum atomic E-state index is 14.3. The van der Waals surface area contributed by atoms with Gasteiger partial charge < -0.3 is 28.9 Å². The normalized spacial score (nSPS) is 13.3. The lowest BCUT2D eigenvalue weighted by Crippen LogP contribution is -2.16. The average Bonchev–Trinajstić information content (AvgIpc) is 3.46. The number of phenolic OH excluding ortho intramolecular Hbond substituents is 3. The molecule has 0 aliphatic heterocycles. The monoisotopic (exact) mass is 1230 g/mol. The third-order valence-electron chi connectivity index (χ3n) is 13.3. The molecule has 3 N–H and O–H groups in total. The Bertz CT molecular complexity index is 3450. The van der Waals surface area contributed by atoms with Crippen LogP contribution >= 0.6 is 22.1 Å². The highest BCUT2D eigenvalue weighted by molar-refractivity contribution is 7.68. The third-order valence-corrected chi connectivity index (χ3v) is 21.7. The van der Waals surface area contributed by atoms with E-state index >= 15 is 0 Å². The quantitative estimate of drug-likeness (QED) is 0.0856. The highest BCUT2D eigenvalue weighted by Gasteiger charge is 2.40. The van der Waals surface area contributed by atoms with Gasteiger partial charge in [-0.05, 0) is 129 Å². The zero-order valence-electron chi connectivity index (χ0n) is 54.5. The van der Waals surface area contributed by atoms with Crippen LogP contribution < -0.4 is 29.5 Å². The Morgan fingerprint density at radius 3 is 0.943 bits per heavy atom. The molecule has 6 unspecified atom stereocenters. The second-order valence-electron chi connectivity index (χ2n) is 19.6. The van der Waals surface area contributed by atoms with Gasteiger partial charge in [0.15, 0.2) is 0 Å². The molecule has 0 spiro atoms. The minimum Gasteiger partial charge on any atom is -0.508 e. The van der Waals surface area contributed by atoms with Gasteiger partial charge in [0.2, 0.25) is 0 Å². The van der Waals surface area contributed by atoms with Crippen LogP contribution in [0.25, 0.3) is 0 Å². The molecule has 0 bridgehead atoms. The summed E-state index contributed by atoms with van der Waals surface area (Å²) in [7, 11) is -9.97. The largest absolute Gasteiger partial charge is 0.508 e. The zero-order chi connectivity index (χ0) is 65.2. The van der Waals surface area contributed by atoms with E-state index in [9.17, 15) is 29.0 Å². The predicted octanol–water partition coefficient (Wildman–Crippen LogP) is 22.1. The molecular formula is C75H97O9P3. The number of hydrogen-bond donors (Lipinski definition) is 3. The number of phenols is 3. The topological polar surface area (TPSA) is 140 Å². The highest BCUT2D eigenvalue weighted by Crippen LogP contribution is 2.62. The van der Waals surface area contributed by atoms with Gasteiger partial charge >= 0.3 is 0 Å². The molecule has 0 radical (unpaired) electrons. The summed E-state index contributed by atoms with van der Waals surface area (Å²) in [5.41, 5.74) is 2.13. The van der Waals surface area contributed by atoms with Crippen LogP contribution in [0.2, 0.25) is 0 Å². The average molecular weight is 1240 g/mol. The molecule has 0 aliphatic rings. The van der Waals surface area contributed by atoms with Crippen molar-refractivity contribution in [2.45, 2.75) is 140 Å². The first kappa shape index (κ1) is 75.6. The SMILES string of the molecule is CC.CC.CC.CC.CC.CC(c1cc(C(C)(C)C)ccc1O)P(=O)(Oc1ccccc1)c1ccccc1.CC(c1ccccc1O)P(=O)(Oc1ccccc1)c1ccccc1.Cc1cccc(C(C)P(=O)(Oc2ccccc2)c2ccccc2)c1O. The number of hydrogen-bond acceptors (Lipinski definition) is 9. The molecule has 87 heavy (non-hydrogen) atoms. The van der Waals surface area contributed by atoms with Crippen molar-refractivity contribution in [1.82, 2.24) is 0 Å². The summed E-state index contributed by atoms with van der Waals surface area (Å²) in [6.07, 6.45) is 0. The lowest BCUT2D eigenvalue weighted by Gasteiger charge is -2.28. The fourth-order valence-corrected chi connectivity index (χ4v) is 15.6. The zero-order valence-corrected chi connectivity index (χ0v) is 57.1. The van der Waals surface area contributed by atoms with Crippen molar-refractivity contribution < 1.29 is 42.6 Å². The van der Waals surface area contributed by atoms with E-state index in [0.717, 1.165) is 11.1 Å². The second kappa shape index (κ2) is 38.6. The van der Waals surface area contributed by atoms with Crippen LogP contribution in [0.3, 0.4) is 0 Å². The van der Waals surface area contributed by atoms with E-state index in [0.29, 0.717) is 49.9 Å². The first-order valence-corrected chi connectivity index (χ1v) is 35.5. The standard InChI is InChI=1S/C24H27O3P.C21H21O3P.C20H19O3P.5C2H6/c1-18(22-17-19(24(2,3)4)15-16-23(22)25)28(26,21-13-9-6-10-14-21)27-20-11-7-5-8-12-20;1-16-10-9-15-20(21(16)22)17(2)25(23,19-13-7-4-8-14-19)24-18-11-5-3-6-12-18;1-16(19-14-8-9-15-20(19)21)24(22,18-12-6-3-7-13-18)23-17-10-4-2-5-11-17;5*1-2/h5-18,25H,1-4H3;3-15,17,22H,1-2H3;2-16,21H,1H3;5*1-2H3. The van der Waals surface area contributed by atoms with Gasteiger partial charge in [0.05, 0.1) is 17.0 Å². The summed E-state index contributed by atoms with van der Waals surface area (Å²) in [5, 5.41) is 33.1. The van der Waals surface area contributed by atoms with Crippen LogP contribution in [0.4, 0.5) is 0 Å². The number of rotatable bonds is 15. The Hall–Kier alpha value is -7.53. The van der Waals surface area contributed by atoms with Crippen molar-refractivity contribution >= 4 is 38.0 Å². The number of aromatic hydroxyl groups is 3. The summed E-state index contributed by atoms with van der Waals surface area (Å²) in [5.74, 6) is 2.07. The molecule has 6 atom stereocenters. The lowest BCUT2D eigenvalue weighted by atomic mass is 9.86. The van der Waals surface area contributed by atoms with E-state index in [2.05, 4.69) is 20.8 Å². The fraction of sp³-hybridized carbons (Fsp3) is 0.280. The molecule has 0 saturated heterocycles. The van der Waals surface area contributed by atoms with Gasteiger partial charge in [0, 0.05) is 32.6 Å². The molecule has 12 heteroatoms. The van der Waals surface area contributed by atoms with Gasteiger partial charge in [0.25, 0.3) is 22.1 Å². The highest BCUT2D eigenvalue weighted by atomic mass is 31.2. The molecule has 9 nitrogen and oxygen atoms in total. The lowest BCUT2D eigenvalue weighted by molar-refractivity contribution is 0.455. The molecule has 466 valence electrons. The van der Waals surface area contributed by atoms with Crippen LogP contribution in [0.1, 0.15) is 156 Å². The van der Waals surface area contributed by atoms with Gasteiger partial charge in [-0.3, -0.25) is 13.7 Å². The van der Waals surface area contributed by atoms with E-state index in [4.69, 9.17) is 13.6 Å². The van der Waals surface area contributed by atoms with Crippen LogP contribution in [-0.2, 0) is 19.1 Å². The minimum absolute atomic E-state index is 0.0841. The van der Waals surface area contributed by atoms with Gasteiger partial charge in [-0.25, -0.2) is 0 Å². The smallest absolute Gasteiger partial charge is 0.284 e. The summed E-state index contributed by atoms with van der Waals surface area (Å²) in [6, 6.07) is 73.1. The van der Waals surface area contributed by atoms with Crippen molar-refractivity contribution in [2.24, 2.45) is 0 Å². The van der Waals surface area contributed by atoms with Crippen molar-refractivity contribution in [3.05, 3.63) is 270 Å². The van der Waals surface area contributed by atoms with E-state index in [-0.39, 0.29) is 22.7 Å². The Morgan fingerprint density at radius 2 is 0.609 bits per heavy atom. The number of aryl methyl sites for hydroxylation is 1. The Morgan fingerprint density at radius 1 is 0.333 bits per heavy atom. The van der Waals surface area contributed by atoms with E-state index in [1.54, 1.807) is 78.9 Å². The molecular weight excluding hydrogens is 1140 g/mol. The maximum Gasteiger partial charge on any atom is 0.284 e. The molecule has 0 aromatic heterocycles. The molecule has 0 fully saturated rings. The van der Waals surface area contributed by atoms with Gasteiger partial charge in [0.1, 0.15) is 34.5 Å². The van der Waals surface area contributed by atoms with Crippen molar-refractivity contribution in [2.75, 3.05) is 0 Å². The van der Waals surface area contributed by atoms with Crippen LogP contribution in [0, 0.1) is 6.92 Å². The van der Waals surface area contributed by atoms with Crippen LogP contribution in [0.5, 0.6) is 34.5 Å². The minimum atomic E-state index is -3.37. The van der Waals surface area contributed by atoms with E-state index < -0.39 is 39.1 Å². The molecule has 0 amide bonds. The summed E-state index contributed by atoms with van der Waals surface area (Å²) < 4.78 is 60.4. The van der Waals surface area contributed by atoms with Crippen molar-refractivity contribution in [3.63, 3.8) is 0 Å². The van der Waals surface area contributed by atoms with Crippen LogP contribution in [-0.4, -0.2) is 15.3 Å². The Labute approximate surface area is 522 Å². The Kier molecular flexibility index (Phi) is 33.5. The predicted molar refractivity (Wildman–Crippen MR) is 372 cm³/mol. The van der Waals surface area contributed by atoms with Gasteiger partial charge in [-0.2, -0.15) is 0 Å². The number of para-hydroxylation sites is 5. The summed E-state index contributed by atoms with van der Waals surface area (Å²) in [6.45, 7) is 33.7. The molecule has 0 heterocycles. The fourth-order valence-electron chi connectivity index (χ4n) is 8.65. The Balaban J connectivity index is 0.000000415. The van der Waals surface area contributed by atoms with Gasteiger partial charge in [-0.15, -0.1) is 0 Å². The van der Waals surface area contributed by atoms with Crippen LogP contribution in [0.15, 0.2) is 243 Å². The van der Waals surface area contributed by atoms with Gasteiger partial charge in [-0.1, -0.05) is 248 Å². The summed E-state index contributed by atoms with van der Waals surface area (Å²) >= 11 is 0. The third kappa shape index (κ3) is 21.1. The molecule has 9 rings (SSSR count). The first-order chi connectivity index (χ1) is 41.8. The van der Waals surface area contributed by atoms with E-state index in [1.165, 1.54) is 0 Å². The first-order valence-electron chi connectivity index (χ1n) is 30.4. The molecule has 9 aromatic carbocycles. The molecule has 0 saturated carbocycles. The number of benzene rings is 9. The van der Waals surface area contributed by atoms with Crippen molar-refractivity contribution in [1.29, 1.82) is 0 Å². The van der Waals surface area contributed by atoms with Crippen molar-refractivity contribution in [3.8, 4) is 34.5 Å². The summed E-state index contributed by atoms with van der Waals surface area (Å²) in [4.78, 5) is 0. The van der Waals surface area contributed by atoms with E-state index in [1.807, 2.05) is 261 Å². The molecule has 0 aliphatic carbocycles. The molecule has 9 aromatic rings. The maximum absolute atomic E-state index is 14.3. The second-order valence-corrected chi connectivity index (χ2v) is 27.6.